The summed E-state index contributed by atoms with van der Waals surface area (Å²) in [6.07, 6.45) is 16.9. The van der Waals surface area contributed by atoms with Crippen LogP contribution < -0.4 is 16.3 Å². The SMILES string of the molecule is CCCCCCNCCCCCCCCCCCCNC(=O)c1cc2cc(F)c(O)c(F)c2oc1=O. The third-order valence-electron chi connectivity index (χ3n) is 6.41. The molecule has 1 heterocycles. The van der Waals surface area contributed by atoms with Crippen molar-refractivity contribution in [3.63, 3.8) is 0 Å². The van der Waals surface area contributed by atoms with Crippen LogP contribution in [0.5, 0.6) is 5.75 Å². The van der Waals surface area contributed by atoms with Crippen molar-refractivity contribution in [3.05, 3.63) is 39.8 Å². The molecule has 8 heteroatoms. The Morgan fingerprint density at radius 2 is 1.36 bits per heavy atom. The number of carbonyl (C=O) groups is 1. The highest BCUT2D eigenvalue weighted by Crippen LogP contribution is 2.28. The predicted octanol–water partition coefficient (Wildman–Crippen LogP) is 6.58. The van der Waals surface area contributed by atoms with Crippen molar-refractivity contribution in [2.24, 2.45) is 0 Å². The molecule has 0 aliphatic rings. The molecular formula is C28H42F2N2O4. The lowest BCUT2D eigenvalue weighted by molar-refractivity contribution is 0.0949. The fraction of sp³-hybridized carbons (Fsp3) is 0.643. The van der Waals surface area contributed by atoms with Gasteiger partial charge in [-0.25, -0.2) is 9.18 Å². The molecule has 0 bridgehead atoms. The predicted molar refractivity (Wildman–Crippen MR) is 140 cm³/mol. The number of unbranched alkanes of at least 4 members (excludes halogenated alkanes) is 12. The van der Waals surface area contributed by atoms with E-state index in [1.165, 1.54) is 70.6 Å². The van der Waals surface area contributed by atoms with Crippen LogP contribution in [0.1, 0.15) is 107 Å². The van der Waals surface area contributed by atoms with Crippen LogP contribution in [-0.4, -0.2) is 30.6 Å². The molecule has 0 fully saturated rings. The van der Waals surface area contributed by atoms with Gasteiger partial charge >= 0.3 is 5.63 Å². The van der Waals surface area contributed by atoms with E-state index in [1.807, 2.05) is 0 Å². The van der Waals surface area contributed by atoms with Crippen molar-refractivity contribution in [1.29, 1.82) is 0 Å². The van der Waals surface area contributed by atoms with Gasteiger partial charge in [-0.1, -0.05) is 77.6 Å². The highest BCUT2D eigenvalue weighted by molar-refractivity contribution is 5.96. The van der Waals surface area contributed by atoms with E-state index < -0.39 is 34.5 Å². The van der Waals surface area contributed by atoms with Gasteiger partial charge in [0, 0.05) is 11.9 Å². The Hall–Kier alpha value is -2.48. The number of hydrogen-bond donors (Lipinski definition) is 3. The summed E-state index contributed by atoms with van der Waals surface area (Å²) >= 11 is 0. The molecule has 0 aliphatic carbocycles. The smallest absolute Gasteiger partial charge is 0.349 e. The number of fused-ring (bicyclic) bond motifs is 1. The highest BCUT2D eigenvalue weighted by Gasteiger charge is 2.19. The summed E-state index contributed by atoms with van der Waals surface area (Å²) in [5.41, 5.74) is -1.95. The summed E-state index contributed by atoms with van der Waals surface area (Å²) in [4.78, 5) is 24.3. The molecule has 0 atom stereocenters. The fourth-order valence-corrected chi connectivity index (χ4v) is 4.23. The molecule has 0 aliphatic heterocycles. The van der Waals surface area contributed by atoms with E-state index >= 15 is 0 Å². The van der Waals surface area contributed by atoms with Gasteiger partial charge in [0.05, 0.1) is 0 Å². The molecule has 1 aromatic carbocycles. The average molecular weight is 509 g/mol. The van der Waals surface area contributed by atoms with E-state index in [-0.39, 0.29) is 10.9 Å². The molecule has 2 aromatic rings. The number of carbonyl (C=O) groups excluding carboxylic acids is 1. The van der Waals surface area contributed by atoms with Crippen LogP contribution in [0.2, 0.25) is 0 Å². The molecule has 0 unspecified atom stereocenters. The van der Waals surface area contributed by atoms with Gasteiger partial charge in [0.1, 0.15) is 5.56 Å². The minimum Gasteiger partial charge on any atom is -0.503 e. The van der Waals surface area contributed by atoms with Crippen LogP contribution in [0.3, 0.4) is 0 Å². The maximum Gasteiger partial charge on any atom is 0.349 e. The molecule has 1 amide bonds. The number of phenols is 1. The van der Waals surface area contributed by atoms with Crippen LogP contribution in [0, 0.1) is 11.6 Å². The quantitative estimate of drug-likeness (QED) is 0.147. The summed E-state index contributed by atoms with van der Waals surface area (Å²) in [6, 6.07) is 1.90. The Balaban J connectivity index is 1.49. The maximum absolute atomic E-state index is 13.9. The first-order valence-electron chi connectivity index (χ1n) is 13.6. The van der Waals surface area contributed by atoms with E-state index in [1.54, 1.807) is 0 Å². The number of rotatable bonds is 19. The van der Waals surface area contributed by atoms with Gasteiger partial charge in [0.2, 0.25) is 5.82 Å². The summed E-state index contributed by atoms with van der Waals surface area (Å²) in [5.74, 6) is -4.43. The van der Waals surface area contributed by atoms with Crippen LogP contribution in [0.4, 0.5) is 8.78 Å². The molecule has 0 saturated carbocycles. The molecule has 0 radical (unpaired) electrons. The zero-order chi connectivity index (χ0) is 26.2. The Labute approximate surface area is 212 Å². The Morgan fingerprint density at radius 3 is 1.94 bits per heavy atom. The van der Waals surface area contributed by atoms with Crippen molar-refractivity contribution in [2.75, 3.05) is 19.6 Å². The van der Waals surface area contributed by atoms with Gasteiger partial charge in [0.25, 0.3) is 5.91 Å². The second kappa shape index (κ2) is 17.1. The van der Waals surface area contributed by atoms with E-state index in [4.69, 9.17) is 4.42 Å². The summed E-state index contributed by atoms with van der Waals surface area (Å²) in [5, 5.41) is 15.4. The van der Waals surface area contributed by atoms with Gasteiger partial charge in [-0.2, -0.15) is 4.39 Å². The Morgan fingerprint density at radius 1 is 0.833 bits per heavy atom. The number of nitrogens with one attached hydrogen (secondary N) is 2. The lowest BCUT2D eigenvalue weighted by Gasteiger charge is -2.07. The lowest BCUT2D eigenvalue weighted by Crippen LogP contribution is -2.29. The number of aromatic hydroxyl groups is 1. The normalized spacial score (nSPS) is 11.3. The largest absolute Gasteiger partial charge is 0.503 e. The van der Waals surface area contributed by atoms with E-state index in [2.05, 4.69) is 17.6 Å². The van der Waals surface area contributed by atoms with Crippen molar-refractivity contribution >= 4 is 16.9 Å². The van der Waals surface area contributed by atoms with Crippen molar-refractivity contribution < 1.29 is 23.1 Å². The third kappa shape index (κ3) is 10.2. The molecular weight excluding hydrogens is 466 g/mol. The van der Waals surface area contributed by atoms with E-state index in [0.29, 0.717) is 6.54 Å². The van der Waals surface area contributed by atoms with Crippen molar-refractivity contribution in [1.82, 2.24) is 10.6 Å². The van der Waals surface area contributed by atoms with E-state index in [9.17, 15) is 23.5 Å². The monoisotopic (exact) mass is 508 g/mol. The van der Waals surface area contributed by atoms with Gasteiger partial charge in [-0.05, 0) is 44.5 Å². The van der Waals surface area contributed by atoms with Gasteiger partial charge < -0.3 is 20.2 Å². The zero-order valence-electron chi connectivity index (χ0n) is 21.6. The second-order valence-corrected chi connectivity index (χ2v) is 9.49. The second-order valence-electron chi connectivity index (χ2n) is 9.49. The van der Waals surface area contributed by atoms with E-state index in [0.717, 1.165) is 44.5 Å². The lowest BCUT2D eigenvalue weighted by atomic mass is 10.1. The third-order valence-corrected chi connectivity index (χ3v) is 6.41. The first-order valence-corrected chi connectivity index (χ1v) is 13.6. The van der Waals surface area contributed by atoms with Crippen LogP contribution in [0.25, 0.3) is 11.0 Å². The summed E-state index contributed by atoms with van der Waals surface area (Å²) in [7, 11) is 0. The van der Waals surface area contributed by atoms with Crippen LogP contribution in [0.15, 0.2) is 21.3 Å². The first kappa shape index (κ1) is 29.7. The molecule has 6 nitrogen and oxygen atoms in total. The number of halogens is 2. The maximum atomic E-state index is 13.9. The standard InChI is InChI=1S/C28H42F2N2O4/c1-2-3-4-13-16-31-17-14-11-9-7-5-6-8-10-12-15-18-32-27(34)22-19-21-20-23(29)25(33)24(30)26(21)36-28(22)35/h19-20,31,33H,2-18H2,1H3,(H,32,34). The molecule has 0 saturated heterocycles. The molecule has 36 heavy (non-hydrogen) atoms. The van der Waals surface area contributed by atoms with Crippen LogP contribution >= 0.6 is 0 Å². The molecule has 3 N–H and O–H groups in total. The summed E-state index contributed by atoms with van der Waals surface area (Å²) in [6.45, 7) is 4.93. The minimum atomic E-state index is -1.37. The fourth-order valence-electron chi connectivity index (χ4n) is 4.23. The molecule has 0 spiro atoms. The van der Waals surface area contributed by atoms with Gasteiger partial charge in [0.15, 0.2) is 17.1 Å². The molecule has 1 aromatic heterocycles. The molecule has 2 rings (SSSR count). The number of hydrogen-bond acceptors (Lipinski definition) is 5. The topological polar surface area (TPSA) is 91.6 Å². The first-order chi connectivity index (χ1) is 17.5. The number of phenolic OH excluding ortho intramolecular Hbond substituents is 1. The average Bonchev–Trinajstić information content (AvgIpc) is 2.86. The minimum absolute atomic E-state index is 0.109. The highest BCUT2D eigenvalue weighted by atomic mass is 19.1. The van der Waals surface area contributed by atoms with Crippen LogP contribution in [-0.2, 0) is 0 Å². The van der Waals surface area contributed by atoms with Gasteiger partial charge in [-0.15, -0.1) is 0 Å². The molecule has 202 valence electrons. The van der Waals surface area contributed by atoms with Gasteiger partial charge in [-0.3, -0.25) is 4.79 Å². The van der Waals surface area contributed by atoms with Crippen molar-refractivity contribution in [2.45, 2.75) is 96.8 Å². The Bertz CT molecular complexity index is 994. The number of benzene rings is 1. The number of amides is 1. The summed E-state index contributed by atoms with van der Waals surface area (Å²) < 4.78 is 32.2. The Kier molecular flexibility index (Phi) is 14.1. The van der Waals surface area contributed by atoms with Crippen molar-refractivity contribution in [3.8, 4) is 5.75 Å². The zero-order valence-corrected chi connectivity index (χ0v) is 21.6.